The van der Waals surface area contributed by atoms with Gasteiger partial charge in [0.1, 0.15) is 0 Å². The largest absolute Gasteiger partial charge is 0.438 e. The zero-order valence-electron chi connectivity index (χ0n) is 12.6. The van der Waals surface area contributed by atoms with Gasteiger partial charge in [0.15, 0.2) is 0 Å². The maximum Gasteiger partial charge on any atom is 0.438 e. The van der Waals surface area contributed by atoms with Crippen LogP contribution in [0.4, 0.5) is 52.7 Å². The van der Waals surface area contributed by atoms with E-state index in [1.54, 1.807) is 12.4 Å². The summed E-state index contributed by atoms with van der Waals surface area (Å²) in [5.41, 5.74) is 0. The van der Waals surface area contributed by atoms with Crippen LogP contribution < -0.4 is 0 Å². The van der Waals surface area contributed by atoms with Gasteiger partial charge in [-0.2, -0.15) is 56.7 Å². The van der Waals surface area contributed by atoms with E-state index in [0.29, 0.717) is 0 Å². The summed E-state index contributed by atoms with van der Waals surface area (Å²) in [7, 11) is -7.47. The van der Waals surface area contributed by atoms with Crippen molar-refractivity contribution in [1.29, 1.82) is 0 Å². The van der Waals surface area contributed by atoms with Gasteiger partial charge < -0.3 is 0 Å². The molecule has 28 heavy (non-hydrogen) atoms. The summed E-state index contributed by atoms with van der Waals surface area (Å²) in [5, 5.41) is -7.34. The second kappa shape index (κ2) is 7.92. The van der Waals surface area contributed by atoms with Gasteiger partial charge in [-0.3, -0.25) is 9.54 Å². The molecule has 0 aliphatic heterocycles. The molecule has 0 spiro atoms. The average Bonchev–Trinajstić information content (AvgIpc) is 2.53. The first-order chi connectivity index (χ1) is 12.2. The molecule has 1 N–H and O–H groups in total. The van der Waals surface area contributed by atoms with E-state index in [4.69, 9.17) is 4.55 Å². The maximum absolute atomic E-state index is 12.7. The predicted octanol–water partition coefficient (Wildman–Crippen LogP) is 4.35. The fourth-order valence-corrected chi connectivity index (χ4v) is 1.68. The number of nitrogens with zero attached hydrogens (tertiary/aromatic N) is 1. The number of rotatable bonds is 5. The summed E-state index contributed by atoms with van der Waals surface area (Å²) in [6, 6.07) is 5.72. The van der Waals surface area contributed by atoms with Gasteiger partial charge in [-0.25, -0.2) is 4.39 Å². The van der Waals surface area contributed by atoms with E-state index >= 15 is 0 Å². The Balaban J connectivity index is 0.00000102. The van der Waals surface area contributed by atoms with Crippen LogP contribution >= 0.6 is 0 Å². The summed E-state index contributed by atoms with van der Waals surface area (Å²) in [6.07, 6.45) is -9.39. The summed E-state index contributed by atoms with van der Waals surface area (Å²) >= 11 is 0. The van der Waals surface area contributed by atoms with E-state index in [0.717, 1.165) is 0 Å². The Morgan fingerprint density at radius 1 is 0.750 bits per heavy atom. The zero-order chi connectivity index (χ0) is 22.8. The van der Waals surface area contributed by atoms with Gasteiger partial charge in [-0.15, -0.1) is 0 Å². The third-order valence-electron chi connectivity index (χ3n) is 2.67. The second-order valence-electron chi connectivity index (χ2n) is 4.69. The molecule has 1 rings (SSSR count). The van der Waals surface area contributed by atoms with Crippen LogP contribution in [-0.2, 0) is 10.1 Å². The van der Waals surface area contributed by atoms with Gasteiger partial charge in [0, 0.05) is 12.4 Å². The van der Waals surface area contributed by atoms with Crippen molar-refractivity contribution in [2.24, 2.45) is 0 Å². The van der Waals surface area contributed by atoms with E-state index in [2.05, 4.69) is 4.98 Å². The molecule has 0 amide bonds. The Labute approximate surface area is 147 Å². The van der Waals surface area contributed by atoms with Crippen molar-refractivity contribution in [1.82, 2.24) is 4.98 Å². The van der Waals surface area contributed by atoms with Crippen LogP contribution in [-0.4, -0.2) is 53.3 Å². The minimum Gasteiger partial charge on any atom is -0.281 e. The molecule has 0 saturated carbocycles. The first kappa shape index (κ1) is 26.2. The average molecular weight is 461 g/mol. The molecule has 0 fully saturated rings. The van der Waals surface area contributed by atoms with Gasteiger partial charge in [0.05, 0.1) is 0 Å². The van der Waals surface area contributed by atoms with Gasteiger partial charge in [0.25, 0.3) is 6.17 Å². The zero-order valence-corrected chi connectivity index (χ0v) is 13.4. The van der Waals surface area contributed by atoms with Crippen molar-refractivity contribution in [3.8, 4) is 0 Å². The monoisotopic (exact) mass is 461 g/mol. The van der Waals surface area contributed by atoms with Crippen molar-refractivity contribution in [3.63, 3.8) is 0 Å². The van der Waals surface area contributed by atoms with Crippen molar-refractivity contribution in [2.75, 3.05) is 0 Å². The summed E-state index contributed by atoms with van der Waals surface area (Å²) < 4.78 is 175. The molecular weight excluding hydrogens is 454 g/mol. The van der Waals surface area contributed by atoms with E-state index < -0.39 is 45.5 Å². The standard InChI is InChI=1S/C6H2F12O3S.C5H5N/c7-1(3(10,11)12)2(8,9)4(13,14)5(15,16)6(17,18)22(19,20)21;1-2-4-6-5-3-1/h1H,(H,19,20,21);1-5H. The highest BCUT2D eigenvalue weighted by molar-refractivity contribution is 7.87. The van der Waals surface area contributed by atoms with E-state index in [1.165, 1.54) is 0 Å². The minimum absolute atomic E-state index is 1.75. The molecule has 0 saturated heterocycles. The van der Waals surface area contributed by atoms with E-state index in [-0.39, 0.29) is 0 Å². The Hall–Kier alpha value is -1.78. The molecule has 4 nitrogen and oxygen atoms in total. The fraction of sp³-hybridized carbons (Fsp3) is 0.545. The number of hydrogen-bond acceptors (Lipinski definition) is 3. The molecular formula is C11H7F12NO3S. The van der Waals surface area contributed by atoms with Crippen LogP contribution in [0.2, 0.25) is 0 Å². The lowest BCUT2D eigenvalue weighted by atomic mass is 10.00. The number of hydrogen-bond donors (Lipinski definition) is 1. The highest BCUT2D eigenvalue weighted by Gasteiger charge is 2.87. The van der Waals surface area contributed by atoms with Gasteiger partial charge in [-0.1, -0.05) is 6.07 Å². The first-order valence-electron chi connectivity index (χ1n) is 6.19. The molecule has 164 valence electrons. The molecule has 0 bridgehead atoms. The summed E-state index contributed by atoms with van der Waals surface area (Å²) in [5.74, 6) is -23.1. The molecule has 1 atom stereocenters. The van der Waals surface area contributed by atoms with Crippen LogP contribution in [0, 0.1) is 0 Å². The highest BCUT2D eigenvalue weighted by Crippen LogP contribution is 2.56. The lowest BCUT2D eigenvalue weighted by Gasteiger charge is -2.36. The number of pyridine rings is 1. The fourth-order valence-electron chi connectivity index (χ4n) is 1.23. The number of halogens is 12. The molecule has 0 radical (unpaired) electrons. The van der Waals surface area contributed by atoms with Crippen LogP contribution in [0.25, 0.3) is 0 Å². The second-order valence-corrected chi connectivity index (χ2v) is 6.16. The Morgan fingerprint density at radius 3 is 1.36 bits per heavy atom. The van der Waals surface area contributed by atoms with Crippen LogP contribution in [0.1, 0.15) is 0 Å². The third-order valence-corrected chi connectivity index (χ3v) is 3.58. The quantitative estimate of drug-likeness (QED) is 0.523. The third kappa shape index (κ3) is 4.79. The van der Waals surface area contributed by atoms with E-state index in [9.17, 15) is 61.1 Å². The van der Waals surface area contributed by atoms with Gasteiger partial charge >= 0.3 is 39.3 Å². The molecule has 0 aromatic carbocycles. The lowest BCUT2D eigenvalue weighted by Crippen LogP contribution is -2.68. The first-order valence-corrected chi connectivity index (χ1v) is 7.63. The molecule has 1 aromatic heterocycles. The lowest BCUT2D eigenvalue weighted by molar-refractivity contribution is -0.380. The smallest absolute Gasteiger partial charge is 0.281 e. The molecule has 1 aromatic rings. The Kier molecular flexibility index (Phi) is 7.42. The highest BCUT2D eigenvalue weighted by atomic mass is 32.2. The topological polar surface area (TPSA) is 67.3 Å². The van der Waals surface area contributed by atoms with Gasteiger partial charge in [-0.05, 0) is 12.1 Å². The van der Waals surface area contributed by atoms with E-state index in [1.807, 2.05) is 18.2 Å². The number of alkyl halides is 12. The van der Waals surface area contributed by atoms with Crippen molar-refractivity contribution in [2.45, 2.75) is 35.4 Å². The summed E-state index contributed by atoms with van der Waals surface area (Å²) in [6.45, 7) is 0. The molecule has 1 heterocycles. The number of aromatic nitrogens is 1. The molecule has 1 unspecified atom stereocenters. The van der Waals surface area contributed by atoms with Crippen molar-refractivity contribution in [3.05, 3.63) is 30.6 Å². The Morgan fingerprint density at radius 2 is 1.14 bits per heavy atom. The van der Waals surface area contributed by atoms with Crippen LogP contribution in [0.15, 0.2) is 30.6 Å². The van der Waals surface area contributed by atoms with Crippen molar-refractivity contribution >= 4 is 10.1 Å². The molecule has 0 aliphatic rings. The Bertz CT molecular complexity index is 708. The normalized spacial score (nSPS) is 15.5. The molecule has 17 heteroatoms. The summed E-state index contributed by atoms with van der Waals surface area (Å²) in [4.78, 5) is 3.78. The maximum atomic E-state index is 12.7. The minimum atomic E-state index is -7.84. The van der Waals surface area contributed by atoms with Crippen LogP contribution in [0.5, 0.6) is 0 Å². The van der Waals surface area contributed by atoms with Gasteiger partial charge in [0.2, 0.25) is 0 Å². The van der Waals surface area contributed by atoms with Crippen molar-refractivity contribution < 1.29 is 65.7 Å². The molecule has 0 aliphatic carbocycles. The van der Waals surface area contributed by atoms with Crippen LogP contribution in [0.3, 0.4) is 0 Å². The SMILES string of the molecule is O=S(=O)(O)C(F)(F)C(F)(F)C(F)(F)C(F)(F)C(F)C(F)(F)F.c1ccncc1. The predicted molar refractivity (Wildman–Crippen MR) is 66.5 cm³/mol.